The number of aryl methyl sites for hydroxylation is 1. The molecule has 0 aliphatic rings. The topological polar surface area (TPSA) is 81.9 Å². The number of amides is 1. The summed E-state index contributed by atoms with van der Waals surface area (Å²) in [7, 11) is 0. The lowest BCUT2D eigenvalue weighted by molar-refractivity contribution is 0.102. The normalized spacial score (nSPS) is 10.3. The molecule has 0 bridgehead atoms. The molecule has 0 atom stereocenters. The van der Waals surface area contributed by atoms with Crippen LogP contribution in [0.25, 0.3) is 0 Å². The molecule has 20 heavy (non-hydrogen) atoms. The molecule has 0 fully saturated rings. The van der Waals surface area contributed by atoms with Crippen molar-refractivity contribution in [2.24, 2.45) is 0 Å². The molecule has 0 aliphatic heterocycles. The number of anilines is 1. The van der Waals surface area contributed by atoms with Crippen molar-refractivity contribution in [3.05, 3.63) is 29.8 Å². The van der Waals surface area contributed by atoms with E-state index in [4.69, 9.17) is 4.74 Å². The maximum atomic E-state index is 12.0. The lowest BCUT2D eigenvalue weighted by Gasteiger charge is -2.04. The Kier molecular flexibility index (Phi) is 4.65. The first-order chi connectivity index (χ1) is 9.72. The molecule has 1 heterocycles. The zero-order chi connectivity index (χ0) is 14.4. The number of rotatable bonds is 6. The Morgan fingerprint density at radius 1 is 1.30 bits per heavy atom. The van der Waals surface area contributed by atoms with E-state index in [0.717, 1.165) is 12.2 Å². The number of tetrazole rings is 1. The minimum Gasteiger partial charge on any atom is -0.494 e. The summed E-state index contributed by atoms with van der Waals surface area (Å²) in [5.41, 5.74) is 0.514. The Balaban J connectivity index is 1.99. The Bertz CT molecular complexity index is 564. The van der Waals surface area contributed by atoms with Crippen molar-refractivity contribution in [1.29, 1.82) is 0 Å². The monoisotopic (exact) mass is 275 g/mol. The number of carbonyl (C=O) groups is 1. The van der Waals surface area contributed by atoms with Gasteiger partial charge in [0.2, 0.25) is 0 Å². The molecule has 1 N–H and O–H groups in total. The first kappa shape index (κ1) is 14.0. The molecule has 0 saturated heterocycles. The summed E-state index contributed by atoms with van der Waals surface area (Å²) >= 11 is 0. The zero-order valence-electron chi connectivity index (χ0n) is 11.5. The fourth-order valence-corrected chi connectivity index (χ4v) is 1.63. The lowest BCUT2D eigenvalue weighted by Crippen LogP contribution is -2.13. The van der Waals surface area contributed by atoms with Crippen LogP contribution in [0.15, 0.2) is 24.3 Å². The predicted octanol–water partition coefficient (Wildman–Crippen LogP) is 1.73. The van der Waals surface area contributed by atoms with Gasteiger partial charge in [0, 0.05) is 5.56 Å². The fourth-order valence-electron chi connectivity index (χ4n) is 1.63. The first-order valence-corrected chi connectivity index (χ1v) is 6.55. The van der Waals surface area contributed by atoms with Crippen LogP contribution in [0.1, 0.15) is 30.6 Å². The predicted molar refractivity (Wildman–Crippen MR) is 73.7 cm³/mol. The summed E-state index contributed by atoms with van der Waals surface area (Å²) < 4.78 is 5.32. The standard InChI is InChI=1S/C13H17N5O2/c1-3-9-18-16-13(15-17-18)14-12(19)10-5-7-11(8-6-10)20-4-2/h5-8H,3-4,9H2,1-2H3,(H,14,16,19). The molecule has 1 aromatic carbocycles. The molecule has 1 aromatic heterocycles. The molecule has 7 nitrogen and oxygen atoms in total. The van der Waals surface area contributed by atoms with E-state index in [0.29, 0.717) is 18.7 Å². The van der Waals surface area contributed by atoms with Gasteiger partial charge in [0.25, 0.3) is 11.9 Å². The SMILES string of the molecule is CCCn1nnc(NC(=O)c2ccc(OCC)cc2)n1. The van der Waals surface area contributed by atoms with E-state index >= 15 is 0 Å². The Morgan fingerprint density at radius 3 is 2.70 bits per heavy atom. The number of carbonyl (C=O) groups excluding carboxylic acids is 1. The van der Waals surface area contributed by atoms with Crippen molar-refractivity contribution in [3.63, 3.8) is 0 Å². The van der Waals surface area contributed by atoms with Crippen LogP contribution in [0.4, 0.5) is 5.95 Å². The van der Waals surface area contributed by atoms with Gasteiger partial charge in [-0.25, -0.2) is 0 Å². The number of hydrogen-bond acceptors (Lipinski definition) is 5. The number of benzene rings is 1. The van der Waals surface area contributed by atoms with Crippen LogP contribution < -0.4 is 10.1 Å². The fraction of sp³-hybridized carbons (Fsp3) is 0.385. The van der Waals surface area contributed by atoms with Gasteiger partial charge in [-0.05, 0) is 42.8 Å². The van der Waals surface area contributed by atoms with E-state index < -0.39 is 0 Å². The summed E-state index contributed by atoms with van der Waals surface area (Å²) in [5.74, 6) is 0.664. The Labute approximate surface area is 116 Å². The van der Waals surface area contributed by atoms with Gasteiger partial charge in [-0.3, -0.25) is 10.1 Å². The van der Waals surface area contributed by atoms with Gasteiger partial charge < -0.3 is 4.74 Å². The van der Waals surface area contributed by atoms with E-state index in [9.17, 15) is 4.79 Å². The second kappa shape index (κ2) is 6.65. The maximum absolute atomic E-state index is 12.0. The van der Waals surface area contributed by atoms with Crippen molar-refractivity contribution < 1.29 is 9.53 Å². The average molecular weight is 275 g/mol. The van der Waals surface area contributed by atoms with Gasteiger partial charge in [0.15, 0.2) is 0 Å². The molecule has 7 heteroatoms. The summed E-state index contributed by atoms with van der Waals surface area (Å²) in [6.45, 7) is 5.19. The van der Waals surface area contributed by atoms with Crippen LogP contribution in [0.5, 0.6) is 5.75 Å². The lowest BCUT2D eigenvalue weighted by atomic mass is 10.2. The average Bonchev–Trinajstić information content (AvgIpc) is 2.88. The van der Waals surface area contributed by atoms with E-state index in [1.807, 2.05) is 13.8 Å². The highest BCUT2D eigenvalue weighted by Crippen LogP contribution is 2.12. The summed E-state index contributed by atoms with van der Waals surface area (Å²) in [4.78, 5) is 13.4. The van der Waals surface area contributed by atoms with Crippen LogP contribution >= 0.6 is 0 Å². The zero-order valence-corrected chi connectivity index (χ0v) is 11.5. The highest BCUT2D eigenvalue weighted by Gasteiger charge is 2.09. The number of nitrogens with one attached hydrogen (secondary N) is 1. The van der Waals surface area contributed by atoms with E-state index in [2.05, 4.69) is 20.7 Å². The van der Waals surface area contributed by atoms with E-state index in [1.165, 1.54) is 4.80 Å². The second-order valence-corrected chi connectivity index (χ2v) is 4.12. The van der Waals surface area contributed by atoms with Crippen molar-refractivity contribution in [2.45, 2.75) is 26.8 Å². The molecule has 2 aromatic rings. The Morgan fingerprint density at radius 2 is 2.05 bits per heavy atom. The van der Waals surface area contributed by atoms with Gasteiger partial charge in [0.05, 0.1) is 13.2 Å². The maximum Gasteiger partial charge on any atom is 0.270 e. The largest absolute Gasteiger partial charge is 0.494 e. The van der Waals surface area contributed by atoms with Crippen molar-refractivity contribution >= 4 is 11.9 Å². The molecule has 0 saturated carbocycles. The molecule has 1 amide bonds. The highest BCUT2D eigenvalue weighted by molar-refractivity contribution is 6.03. The quantitative estimate of drug-likeness (QED) is 0.868. The molecule has 106 valence electrons. The van der Waals surface area contributed by atoms with Crippen molar-refractivity contribution in [3.8, 4) is 5.75 Å². The Hall–Kier alpha value is -2.44. The van der Waals surface area contributed by atoms with Gasteiger partial charge in [-0.2, -0.15) is 4.80 Å². The summed E-state index contributed by atoms with van der Waals surface area (Å²) in [6.07, 6.45) is 0.905. The van der Waals surface area contributed by atoms with E-state index in [1.54, 1.807) is 24.3 Å². The van der Waals surface area contributed by atoms with E-state index in [-0.39, 0.29) is 11.9 Å². The second-order valence-electron chi connectivity index (χ2n) is 4.12. The third kappa shape index (κ3) is 3.53. The minimum atomic E-state index is -0.274. The van der Waals surface area contributed by atoms with Gasteiger partial charge in [-0.15, -0.1) is 5.10 Å². The molecule has 0 aliphatic carbocycles. The van der Waals surface area contributed by atoms with Crippen molar-refractivity contribution in [1.82, 2.24) is 20.2 Å². The van der Waals surface area contributed by atoms with Gasteiger partial charge in [0.1, 0.15) is 5.75 Å². The molecule has 2 rings (SSSR count). The number of nitrogens with zero attached hydrogens (tertiary/aromatic N) is 4. The molecular formula is C13H17N5O2. The van der Waals surface area contributed by atoms with Crippen LogP contribution in [0, 0.1) is 0 Å². The van der Waals surface area contributed by atoms with Crippen LogP contribution in [0.3, 0.4) is 0 Å². The number of hydrogen-bond donors (Lipinski definition) is 1. The highest BCUT2D eigenvalue weighted by atomic mass is 16.5. The van der Waals surface area contributed by atoms with Gasteiger partial charge in [-0.1, -0.05) is 12.0 Å². The summed E-state index contributed by atoms with van der Waals surface area (Å²) in [5, 5.41) is 14.3. The number of ether oxygens (including phenoxy) is 1. The van der Waals surface area contributed by atoms with Crippen LogP contribution in [0.2, 0.25) is 0 Å². The van der Waals surface area contributed by atoms with Gasteiger partial charge >= 0.3 is 0 Å². The number of aromatic nitrogens is 4. The van der Waals surface area contributed by atoms with Crippen molar-refractivity contribution in [2.75, 3.05) is 11.9 Å². The smallest absolute Gasteiger partial charge is 0.270 e. The van der Waals surface area contributed by atoms with Crippen LogP contribution in [-0.4, -0.2) is 32.7 Å². The molecule has 0 spiro atoms. The third-order valence-electron chi connectivity index (χ3n) is 2.53. The molecule has 0 radical (unpaired) electrons. The third-order valence-corrected chi connectivity index (χ3v) is 2.53. The molecular weight excluding hydrogens is 258 g/mol. The summed E-state index contributed by atoms with van der Waals surface area (Å²) in [6, 6.07) is 6.88. The minimum absolute atomic E-state index is 0.206. The molecule has 0 unspecified atom stereocenters. The first-order valence-electron chi connectivity index (χ1n) is 6.55. The van der Waals surface area contributed by atoms with Crippen LogP contribution in [-0.2, 0) is 6.54 Å².